The van der Waals surface area contributed by atoms with Gasteiger partial charge in [-0.05, 0) is 57.2 Å². The number of aryl methyl sites for hydroxylation is 1. The van der Waals surface area contributed by atoms with E-state index in [0.717, 1.165) is 50.2 Å². The van der Waals surface area contributed by atoms with Crippen molar-refractivity contribution in [1.29, 1.82) is 0 Å². The van der Waals surface area contributed by atoms with Crippen molar-refractivity contribution in [2.24, 2.45) is 5.92 Å². The van der Waals surface area contributed by atoms with Crippen LogP contribution in [-0.2, 0) is 4.79 Å². The van der Waals surface area contributed by atoms with Crippen molar-refractivity contribution in [3.63, 3.8) is 0 Å². The van der Waals surface area contributed by atoms with E-state index in [0.29, 0.717) is 24.6 Å². The second-order valence-corrected chi connectivity index (χ2v) is 8.06. The van der Waals surface area contributed by atoms with Crippen LogP contribution in [0.25, 0.3) is 5.69 Å². The molecule has 162 valence electrons. The lowest BCUT2D eigenvalue weighted by molar-refractivity contribution is -0.123. The lowest BCUT2D eigenvalue weighted by Gasteiger charge is -2.33. The number of carbonyl (C=O) groups excluding carboxylic acids is 2. The molecule has 2 aliphatic rings. The minimum Gasteiger partial charge on any atom is -0.354 e. The van der Waals surface area contributed by atoms with E-state index in [1.54, 1.807) is 4.68 Å². The van der Waals surface area contributed by atoms with E-state index in [1.807, 2.05) is 48.4 Å². The number of nitrogens with one attached hydrogen (secondary N) is 2. The minimum atomic E-state index is -0.0530. The molecule has 0 bridgehead atoms. The van der Waals surface area contributed by atoms with Gasteiger partial charge in [-0.1, -0.05) is 18.2 Å². The second-order valence-electron chi connectivity index (χ2n) is 8.06. The summed E-state index contributed by atoms with van der Waals surface area (Å²) in [4.78, 5) is 27.3. The topological polar surface area (TPSA) is 79.3 Å². The fourth-order valence-corrected chi connectivity index (χ4v) is 4.25. The van der Waals surface area contributed by atoms with Crippen LogP contribution < -0.4 is 10.6 Å². The summed E-state index contributed by atoms with van der Waals surface area (Å²) in [5.74, 6) is 0.409. The van der Waals surface area contributed by atoms with Crippen molar-refractivity contribution in [3.8, 4) is 5.69 Å². The maximum atomic E-state index is 13.1. The fourth-order valence-electron chi connectivity index (χ4n) is 4.25. The summed E-state index contributed by atoms with van der Waals surface area (Å²) in [7, 11) is 0. The molecular formula is C22H30ClN5O2. The Balaban J connectivity index is 0.00000256. The number of likely N-dealkylation sites (tertiary alicyclic amines) is 1. The molecule has 3 heterocycles. The average Bonchev–Trinajstić information content (AvgIpc) is 3.42. The van der Waals surface area contributed by atoms with E-state index < -0.39 is 0 Å². The van der Waals surface area contributed by atoms with Crippen LogP contribution in [0.1, 0.15) is 41.7 Å². The van der Waals surface area contributed by atoms with Crippen molar-refractivity contribution in [1.82, 2.24) is 25.3 Å². The van der Waals surface area contributed by atoms with Crippen molar-refractivity contribution >= 4 is 24.2 Å². The lowest BCUT2D eigenvalue weighted by Crippen LogP contribution is -2.46. The molecule has 7 nitrogen and oxygen atoms in total. The van der Waals surface area contributed by atoms with Gasteiger partial charge in [-0.3, -0.25) is 9.59 Å². The first-order valence-corrected chi connectivity index (χ1v) is 10.5. The second kappa shape index (κ2) is 10.1. The number of hydrogen-bond acceptors (Lipinski definition) is 4. The summed E-state index contributed by atoms with van der Waals surface area (Å²) in [6.07, 6.45) is 5.78. The SMILES string of the molecule is Cc1nn(-c2ccccc2)cc1C(=O)N1CCCC(CNC(=O)C2CCCN2)C1.Cl. The predicted molar refractivity (Wildman–Crippen MR) is 118 cm³/mol. The van der Waals surface area contributed by atoms with E-state index in [4.69, 9.17) is 0 Å². The number of halogens is 1. The first-order valence-electron chi connectivity index (χ1n) is 10.5. The Bertz CT molecular complexity index is 864. The van der Waals surface area contributed by atoms with Gasteiger partial charge in [0.25, 0.3) is 5.91 Å². The van der Waals surface area contributed by atoms with Crippen LogP contribution in [0.4, 0.5) is 0 Å². The summed E-state index contributed by atoms with van der Waals surface area (Å²) < 4.78 is 1.76. The van der Waals surface area contributed by atoms with Gasteiger partial charge in [0.05, 0.1) is 23.0 Å². The fraction of sp³-hybridized carbons (Fsp3) is 0.500. The molecule has 2 unspecified atom stereocenters. The van der Waals surface area contributed by atoms with Gasteiger partial charge in [-0.25, -0.2) is 4.68 Å². The van der Waals surface area contributed by atoms with Crippen LogP contribution in [0.2, 0.25) is 0 Å². The smallest absolute Gasteiger partial charge is 0.257 e. The van der Waals surface area contributed by atoms with E-state index in [-0.39, 0.29) is 30.3 Å². The highest BCUT2D eigenvalue weighted by Gasteiger charge is 2.28. The zero-order valence-corrected chi connectivity index (χ0v) is 18.2. The number of piperidine rings is 1. The Labute approximate surface area is 183 Å². The molecule has 0 radical (unpaired) electrons. The molecule has 2 aromatic rings. The maximum absolute atomic E-state index is 13.1. The normalized spacial score (nSPS) is 21.2. The van der Waals surface area contributed by atoms with Crippen LogP contribution in [0.5, 0.6) is 0 Å². The van der Waals surface area contributed by atoms with Gasteiger partial charge in [0.2, 0.25) is 5.91 Å². The molecule has 2 saturated heterocycles. The zero-order chi connectivity index (χ0) is 20.2. The van der Waals surface area contributed by atoms with Crippen LogP contribution in [0.3, 0.4) is 0 Å². The minimum absolute atomic E-state index is 0. The van der Waals surface area contributed by atoms with E-state index in [2.05, 4.69) is 15.7 Å². The number of carbonyl (C=O) groups is 2. The van der Waals surface area contributed by atoms with E-state index in [1.165, 1.54) is 0 Å². The third kappa shape index (κ3) is 5.02. The first-order chi connectivity index (χ1) is 14.1. The summed E-state index contributed by atoms with van der Waals surface area (Å²) in [5.41, 5.74) is 2.32. The Morgan fingerprint density at radius 3 is 2.73 bits per heavy atom. The van der Waals surface area contributed by atoms with Gasteiger partial charge in [0, 0.05) is 25.8 Å². The van der Waals surface area contributed by atoms with E-state index >= 15 is 0 Å². The van der Waals surface area contributed by atoms with Crippen molar-refractivity contribution in [2.75, 3.05) is 26.2 Å². The number of benzene rings is 1. The standard InChI is InChI=1S/C22H29N5O2.ClH/c1-16-19(15-27(25-16)18-8-3-2-4-9-18)22(29)26-12-6-7-17(14-26)13-24-21(28)20-10-5-11-23-20;/h2-4,8-9,15,17,20,23H,5-7,10-14H2,1H3,(H,24,28);1H. The van der Waals surface area contributed by atoms with E-state index in [9.17, 15) is 9.59 Å². The molecule has 1 aromatic heterocycles. The Morgan fingerprint density at radius 2 is 2.00 bits per heavy atom. The number of hydrogen-bond donors (Lipinski definition) is 2. The van der Waals surface area contributed by atoms with Crippen LogP contribution in [0.15, 0.2) is 36.5 Å². The molecule has 4 rings (SSSR count). The molecule has 2 N–H and O–H groups in total. The number of aromatic nitrogens is 2. The number of amides is 2. The zero-order valence-electron chi connectivity index (χ0n) is 17.3. The van der Waals surface area contributed by atoms with Crippen molar-refractivity contribution in [2.45, 2.75) is 38.6 Å². The predicted octanol–water partition coefficient (Wildman–Crippen LogP) is 2.32. The molecule has 2 amide bonds. The summed E-state index contributed by atoms with van der Waals surface area (Å²) in [6.45, 7) is 4.85. The van der Waals surface area contributed by atoms with Crippen LogP contribution >= 0.6 is 12.4 Å². The Morgan fingerprint density at radius 1 is 1.20 bits per heavy atom. The summed E-state index contributed by atoms with van der Waals surface area (Å²) >= 11 is 0. The van der Waals surface area contributed by atoms with Crippen molar-refractivity contribution in [3.05, 3.63) is 47.8 Å². The largest absolute Gasteiger partial charge is 0.354 e. The van der Waals surface area contributed by atoms with Gasteiger partial charge >= 0.3 is 0 Å². The first kappa shape index (κ1) is 22.3. The maximum Gasteiger partial charge on any atom is 0.257 e. The molecule has 2 aliphatic heterocycles. The molecule has 0 saturated carbocycles. The number of rotatable bonds is 5. The van der Waals surface area contributed by atoms with Gasteiger partial charge in [0.1, 0.15) is 0 Å². The van der Waals surface area contributed by atoms with Gasteiger partial charge in [-0.15, -0.1) is 12.4 Å². The third-order valence-electron chi connectivity index (χ3n) is 5.90. The molecule has 0 aliphatic carbocycles. The highest BCUT2D eigenvalue weighted by atomic mass is 35.5. The molecule has 8 heteroatoms. The molecule has 0 spiro atoms. The average molecular weight is 432 g/mol. The molecule has 1 aromatic carbocycles. The highest BCUT2D eigenvalue weighted by molar-refractivity contribution is 5.95. The summed E-state index contributed by atoms with van der Waals surface area (Å²) in [6, 6.07) is 9.76. The lowest BCUT2D eigenvalue weighted by atomic mass is 9.97. The quantitative estimate of drug-likeness (QED) is 0.761. The molecule has 2 atom stereocenters. The molecule has 30 heavy (non-hydrogen) atoms. The molecular weight excluding hydrogens is 402 g/mol. The number of nitrogens with zero attached hydrogens (tertiary/aromatic N) is 3. The van der Waals surface area contributed by atoms with Gasteiger partial charge in [0.15, 0.2) is 0 Å². The van der Waals surface area contributed by atoms with Gasteiger partial charge in [-0.2, -0.15) is 5.10 Å². The van der Waals surface area contributed by atoms with Gasteiger partial charge < -0.3 is 15.5 Å². The van der Waals surface area contributed by atoms with Crippen LogP contribution in [-0.4, -0.2) is 58.7 Å². The van der Waals surface area contributed by atoms with Crippen LogP contribution in [0, 0.1) is 12.8 Å². The third-order valence-corrected chi connectivity index (χ3v) is 5.90. The van der Waals surface area contributed by atoms with Crippen molar-refractivity contribution < 1.29 is 9.59 Å². The monoisotopic (exact) mass is 431 g/mol. The highest BCUT2D eigenvalue weighted by Crippen LogP contribution is 2.20. The summed E-state index contributed by atoms with van der Waals surface area (Å²) in [5, 5.41) is 10.8. The Kier molecular flexibility index (Phi) is 7.50. The number of para-hydroxylation sites is 1. The Hall–Kier alpha value is -2.38. The molecule has 2 fully saturated rings.